The Bertz CT molecular complexity index is 1380. The topological polar surface area (TPSA) is 90.4 Å². The van der Waals surface area contributed by atoms with Crippen LogP contribution in [0.2, 0.25) is 0 Å². The average molecular weight is 560 g/mol. The molecule has 8 nitrogen and oxygen atoms in total. The molecule has 3 heterocycles. The summed E-state index contributed by atoms with van der Waals surface area (Å²) in [4.78, 5) is 47.9. The van der Waals surface area contributed by atoms with Gasteiger partial charge < -0.3 is 24.5 Å². The van der Waals surface area contributed by atoms with Crippen LogP contribution in [0.1, 0.15) is 33.6 Å². The number of amides is 3. The molecule has 0 aromatic heterocycles. The fourth-order valence-electron chi connectivity index (χ4n) is 7.60. The highest BCUT2D eigenvalue weighted by Gasteiger charge is 2.80. The zero-order chi connectivity index (χ0) is 29.5. The van der Waals surface area contributed by atoms with Gasteiger partial charge in [-0.15, -0.1) is 13.2 Å². The van der Waals surface area contributed by atoms with Crippen molar-refractivity contribution < 1.29 is 24.2 Å². The Balaban J connectivity index is 1.60. The smallest absolute Gasteiger partial charge is 0.253 e. The lowest BCUT2D eigenvalue weighted by atomic mass is 9.62. The normalized spacial score (nSPS) is 30.0. The number of β-amino-alcohol motifs (C(OH)–C–C–N with tert-alkyl or cyclic N) is 1. The van der Waals surface area contributed by atoms with Crippen LogP contribution in [0.5, 0.6) is 0 Å². The minimum absolute atomic E-state index is 0.0200. The van der Waals surface area contributed by atoms with Crippen LogP contribution in [-0.4, -0.2) is 82.7 Å². The van der Waals surface area contributed by atoms with Gasteiger partial charge in [0.1, 0.15) is 11.6 Å². The average Bonchev–Trinajstić information content (AvgIpc) is 3.47. The summed E-state index contributed by atoms with van der Waals surface area (Å²) in [6.45, 7) is 14.5. The fourth-order valence-corrected chi connectivity index (χ4v) is 7.60. The van der Waals surface area contributed by atoms with E-state index in [2.05, 4.69) is 13.2 Å². The maximum Gasteiger partial charge on any atom is 0.253 e. The van der Waals surface area contributed by atoms with E-state index in [1.807, 2.05) is 63.2 Å². The summed E-state index contributed by atoms with van der Waals surface area (Å²) in [5.41, 5.74) is -1.40. The third-order valence-corrected chi connectivity index (χ3v) is 9.43. The lowest BCUT2D eigenvalue weighted by Gasteiger charge is -2.39. The molecule has 3 fully saturated rings. The summed E-state index contributed by atoms with van der Waals surface area (Å²) in [5.74, 6) is -2.37. The van der Waals surface area contributed by atoms with Crippen LogP contribution < -0.4 is 4.90 Å². The van der Waals surface area contributed by atoms with E-state index in [1.54, 1.807) is 22.0 Å². The molecule has 1 N–H and O–H groups in total. The molecule has 1 spiro atoms. The second-order valence-electron chi connectivity index (χ2n) is 11.8. The van der Waals surface area contributed by atoms with E-state index in [1.165, 1.54) is 4.90 Å². The minimum Gasteiger partial charge on any atom is -0.395 e. The molecule has 3 aliphatic rings. The van der Waals surface area contributed by atoms with E-state index < -0.39 is 29.1 Å². The Morgan fingerprint density at radius 2 is 1.83 bits per heavy atom. The third-order valence-electron chi connectivity index (χ3n) is 9.43. The lowest BCUT2D eigenvalue weighted by Crippen LogP contribution is -2.57. The maximum absolute atomic E-state index is 14.7. The number of hydrogen-bond donors (Lipinski definition) is 1. The molecule has 8 heteroatoms. The van der Waals surface area contributed by atoms with Gasteiger partial charge in [-0.1, -0.05) is 56.3 Å². The molecule has 2 aromatic rings. The molecule has 2 aromatic carbocycles. The maximum atomic E-state index is 14.7. The SMILES string of the molecule is C=CCN(CCC)C(=O)[C@H]1[C@H]2C(=O)N(CCO)C(C(=O)N(CC=C)c3ccc4ccccc4c3)C23CC(C)[C@]1(C)O3. The van der Waals surface area contributed by atoms with Crippen LogP contribution in [-0.2, 0) is 19.1 Å². The van der Waals surface area contributed by atoms with Gasteiger partial charge in [0.2, 0.25) is 11.8 Å². The summed E-state index contributed by atoms with van der Waals surface area (Å²) in [6.07, 6.45) is 4.59. The molecule has 0 radical (unpaired) electrons. The highest BCUT2D eigenvalue weighted by molar-refractivity contribution is 6.06. The van der Waals surface area contributed by atoms with Crippen LogP contribution >= 0.6 is 0 Å². The number of benzene rings is 2. The van der Waals surface area contributed by atoms with Crippen molar-refractivity contribution in [1.29, 1.82) is 0 Å². The monoisotopic (exact) mass is 559 g/mol. The van der Waals surface area contributed by atoms with Crippen molar-refractivity contribution in [3.05, 3.63) is 67.8 Å². The van der Waals surface area contributed by atoms with Crippen molar-refractivity contribution >= 4 is 34.2 Å². The molecule has 3 amide bonds. The standard InChI is InChI=1S/C33H41N3O5/c1-6-15-34(16-7-2)29(38)26-27-30(39)36(18-19-37)28(33(27)21-22(4)32(26,5)41-33)31(40)35(17-8-3)25-14-13-23-11-9-10-12-24(23)20-25/h6,8-14,20,22,26-28,37H,1,3,7,15-19,21H2,2,4-5H3/t22?,26-,27+,28?,32+,33?/m1/s1. The molecule has 0 aliphatic carbocycles. The first-order chi connectivity index (χ1) is 19.7. The van der Waals surface area contributed by atoms with Crippen LogP contribution in [0, 0.1) is 17.8 Å². The Labute approximate surface area is 242 Å². The number of ether oxygens (including phenoxy) is 1. The van der Waals surface area contributed by atoms with E-state index in [0.717, 1.165) is 17.2 Å². The Hall–Kier alpha value is -3.49. The van der Waals surface area contributed by atoms with Crippen LogP contribution in [0.3, 0.4) is 0 Å². The van der Waals surface area contributed by atoms with Crippen molar-refractivity contribution in [1.82, 2.24) is 9.80 Å². The van der Waals surface area contributed by atoms with E-state index in [4.69, 9.17) is 4.74 Å². The largest absolute Gasteiger partial charge is 0.395 e. The van der Waals surface area contributed by atoms with Gasteiger partial charge in [0, 0.05) is 31.9 Å². The van der Waals surface area contributed by atoms with Gasteiger partial charge in [0.05, 0.1) is 24.0 Å². The minimum atomic E-state index is -1.18. The van der Waals surface area contributed by atoms with Gasteiger partial charge in [0.15, 0.2) is 0 Å². The van der Waals surface area contributed by atoms with Crippen molar-refractivity contribution in [2.75, 3.05) is 37.7 Å². The van der Waals surface area contributed by atoms with Gasteiger partial charge in [0.25, 0.3) is 5.91 Å². The van der Waals surface area contributed by atoms with Crippen LogP contribution in [0.4, 0.5) is 5.69 Å². The number of nitrogens with zero attached hydrogens (tertiary/aromatic N) is 3. The molecule has 218 valence electrons. The number of fused-ring (bicyclic) bond motifs is 2. The molecule has 3 saturated heterocycles. The predicted molar refractivity (Wildman–Crippen MR) is 159 cm³/mol. The molecule has 41 heavy (non-hydrogen) atoms. The molecule has 6 atom stereocenters. The number of likely N-dealkylation sites (tertiary alicyclic amines) is 1. The number of carbonyl (C=O) groups excluding carboxylic acids is 3. The number of aliphatic hydroxyl groups excluding tert-OH is 1. The van der Waals surface area contributed by atoms with Crippen LogP contribution in [0.25, 0.3) is 10.8 Å². The third kappa shape index (κ3) is 4.39. The van der Waals surface area contributed by atoms with Crippen LogP contribution in [0.15, 0.2) is 67.8 Å². The fraction of sp³-hybridized carbons (Fsp3) is 0.485. The molecule has 2 bridgehead atoms. The summed E-state index contributed by atoms with van der Waals surface area (Å²) < 4.78 is 6.85. The van der Waals surface area contributed by atoms with Crippen molar-refractivity contribution in [2.24, 2.45) is 17.8 Å². The summed E-state index contributed by atoms with van der Waals surface area (Å²) in [5, 5.41) is 12.0. The van der Waals surface area contributed by atoms with E-state index in [9.17, 15) is 19.5 Å². The van der Waals surface area contributed by atoms with Gasteiger partial charge in [-0.25, -0.2) is 0 Å². The van der Waals surface area contributed by atoms with Gasteiger partial charge in [-0.2, -0.15) is 0 Å². The van der Waals surface area contributed by atoms with E-state index >= 15 is 0 Å². The Morgan fingerprint density at radius 1 is 1.12 bits per heavy atom. The van der Waals surface area contributed by atoms with Crippen molar-refractivity contribution in [3.63, 3.8) is 0 Å². The number of anilines is 1. The summed E-state index contributed by atoms with van der Waals surface area (Å²) in [7, 11) is 0. The zero-order valence-electron chi connectivity index (χ0n) is 24.3. The summed E-state index contributed by atoms with van der Waals surface area (Å²) in [6, 6.07) is 12.8. The molecule has 3 aliphatic heterocycles. The van der Waals surface area contributed by atoms with Gasteiger partial charge >= 0.3 is 0 Å². The van der Waals surface area contributed by atoms with E-state index in [0.29, 0.717) is 25.2 Å². The number of carbonyl (C=O) groups is 3. The highest BCUT2D eigenvalue weighted by Crippen LogP contribution is 2.65. The molecule has 3 unspecified atom stereocenters. The second kappa shape index (κ2) is 11.1. The Morgan fingerprint density at radius 3 is 2.49 bits per heavy atom. The quantitative estimate of drug-likeness (QED) is 0.423. The molecule has 0 saturated carbocycles. The predicted octanol–water partition coefficient (Wildman–Crippen LogP) is 3.79. The first-order valence-corrected chi connectivity index (χ1v) is 14.6. The molecular weight excluding hydrogens is 518 g/mol. The molecular formula is C33H41N3O5. The lowest BCUT2D eigenvalue weighted by molar-refractivity contribution is -0.151. The number of hydrogen-bond acceptors (Lipinski definition) is 5. The van der Waals surface area contributed by atoms with Crippen molar-refractivity contribution in [3.8, 4) is 0 Å². The highest BCUT2D eigenvalue weighted by atomic mass is 16.5. The number of aliphatic hydroxyl groups is 1. The van der Waals surface area contributed by atoms with Crippen molar-refractivity contribution in [2.45, 2.75) is 50.9 Å². The first kappa shape index (κ1) is 29.0. The number of rotatable bonds is 11. The Kier molecular flexibility index (Phi) is 7.83. The zero-order valence-corrected chi connectivity index (χ0v) is 24.3. The van der Waals surface area contributed by atoms with Gasteiger partial charge in [-0.3, -0.25) is 14.4 Å². The second-order valence-corrected chi connectivity index (χ2v) is 11.8. The first-order valence-electron chi connectivity index (χ1n) is 14.6. The summed E-state index contributed by atoms with van der Waals surface area (Å²) >= 11 is 0. The van der Waals surface area contributed by atoms with Gasteiger partial charge in [-0.05, 0) is 48.6 Å². The molecule has 5 rings (SSSR count). The van der Waals surface area contributed by atoms with E-state index in [-0.39, 0.29) is 43.3 Å².